The van der Waals surface area contributed by atoms with Crippen LogP contribution >= 0.6 is 0 Å². The van der Waals surface area contributed by atoms with Crippen LogP contribution in [-0.2, 0) is 11.3 Å². The molecular formula is C18H30N4O2. The van der Waals surface area contributed by atoms with Crippen molar-refractivity contribution in [3.05, 3.63) is 23.9 Å². The number of methoxy groups -OCH3 is 1. The fourth-order valence-electron chi connectivity index (χ4n) is 2.00. The Morgan fingerprint density at radius 2 is 2.17 bits per heavy atom. The largest absolute Gasteiger partial charge is 0.477 e. The number of aliphatic imine (C=N–C) groups is 1. The van der Waals surface area contributed by atoms with Crippen LogP contribution in [0.1, 0.15) is 39.2 Å². The van der Waals surface area contributed by atoms with Gasteiger partial charge in [0.05, 0.1) is 18.8 Å². The molecule has 1 saturated carbocycles. The summed E-state index contributed by atoms with van der Waals surface area (Å²) in [6, 6.07) is 3.94. The summed E-state index contributed by atoms with van der Waals surface area (Å²) in [5, 5.41) is 6.56. The zero-order valence-corrected chi connectivity index (χ0v) is 15.3. The minimum Gasteiger partial charge on any atom is -0.477 e. The molecule has 0 aliphatic heterocycles. The summed E-state index contributed by atoms with van der Waals surface area (Å²) in [6.07, 6.45) is 4.33. The van der Waals surface area contributed by atoms with Crippen LogP contribution in [0.5, 0.6) is 5.88 Å². The molecule has 1 heterocycles. The third-order valence-corrected chi connectivity index (χ3v) is 3.96. The summed E-state index contributed by atoms with van der Waals surface area (Å²) in [5.74, 6) is 2.19. The average Bonchev–Trinajstić information content (AvgIpc) is 3.40. The molecule has 1 aliphatic carbocycles. The Morgan fingerprint density at radius 3 is 2.83 bits per heavy atom. The fourth-order valence-corrected chi connectivity index (χ4v) is 2.00. The van der Waals surface area contributed by atoms with Gasteiger partial charge < -0.3 is 20.1 Å². The number of ether oxygens (including phenoxy) is 2. The van der Waals surface area contributed by atoms with Gasteiger partial charge in [0.1, 0.15) is 0 Å². The molecule has 1 aliphatic rings. The predicted molar refractivity (Wildman–Crippen MR) is 96.4 cm³/mol. The second-order valence-electron chi connectivity index (χ2n) is 6.77. The number of guanidine groups is 1. The second-order valence-corrected chi connectivity index (χ2v) is 6.77. The van der Waals surface area contributed by atoms with E-state index in [1.165, 1.54) is 12.8 Å². The topological polar surface area (TPSA) is 67.8 Å². The van der Waals surface area contributed by atoms with Gasteiger partial charge in [-0.1, -0.05) is 0 Å². The second kappa shape index (κ2) is 8.87. The van der Waals surface area contributed by atoms with Gasteiger partial charge in [0.2, 0.25) is 5.88 Å². The quantitative estimate of drug-likeness (QED) is 0.536. The van der Waals surface area contributed by atoms with E-state index < -0.39 is 0 Å². The summed E-state index contributed by atoms with van der Waals surface area (Å²) < 4.78 is 11.2. The van der Waals surface area contributed by atoms with E-state index >= 15 is 0 Å². The fraction of sp³-hybridized carbons (Fsp3) is 0.667. The molecule has 0 unspecified atom stereocenters. The number of rotatable bonds is 9. The lowest BCUT2D eigenvalue weighted by Crippen LogP contribution is -2.45. The summed E-state index contributed by atoms with van der Waals surface area (Å²) >= 11 is 0. The highest BCUT2D eigenvalue weighted by Gasteiger charge is 2.22. The highest BCUT2D eigenvalue weighted by Crippen LogP contribution is 2.29. The van der Waals surface area contributed by atoms with E-state index in [9.17, 15) is 0 Å². The number of nitrogens with zero attached hydrogens (tertiary/aromatic N) is 2. The van der Waals surface area contributed by atoms with Crippen molar-refractivity contribution in [1.82, 2.24) is 15.6 Å². The van der Waals surface area contributed by atoms with Gasteiger partial charge in [-0.15, -0.1) is 0 Å². The van der Waals surface area contributed by atoms with Crippen molar-refractivity contribution >= 4 is 5.96 Å². The van der Waals surface area contributed by atoms with E-state index in [-0.39, 0.29) is 5.60 Å². The SMILES string of the molecule is CCNC(=NCc1ccnc(OCC2CC2)c1)NCC(C)(C)OC. The maximum absolute atomic E-state index is 5.72. The van der Waals surface area contributed by atoms with Crippen LogP contribution in [0.2, 0.25) is 0 Å². The molecule has 1 aromatic heterocycles. The predicted octanol–water partition coefficient (Wildman–Crippen LogP) is 2.35. The van der Waals surface area contributed by atoms with Gasteiger partial charge in [0.15, 0.2) is 5.96 Å². The lowest BCUT2D eigenvalue weighted by Gasteiger charge is -2.24. The standard InChI is InChI=1S/C18H30N4O2/c1-5-19-17(22-13-18(2,3)23-4)21-11-15-8-9-20-16(10-15)24-12-14-6-7-14/h8-10,14H,5-7,11-13H2,1-4H3,(H2,19,21,22). The molecule has 24 heavy (non-hydrogen) atoms. The molecule has 0 spiro atoms. The molecule has 6 heteroatoms. The maximum atomic E-state index is 5.72. The van der Waals surface area contributed by atoms with Crippen LogP contribution in [-0.4, -0.2) is 43.4 Å². The molecule has 2 N–H and O–H groups in total. The molecule has 6 nitrogen and oxygen atoms in total. The van der Waals surface area contributed by atoms with Crippen LogP contribution in [0.3, 0.4) is 0 Å². The molecule has 1 fully saturated rings. The van der Waals surface area contributed by atoms with Crippen molar-refractivity contribution < 1.29 is 9.47 Å². The molecule has 0 aromatic carbocycles. The van der Waals surface area contributed by atoms with Crippen LogP contribution in [0.15, 0.2) is 23.3 Å². The first-order valence-corrected chi connectivity index (χ1v) is 8.67. The highest BCUT2D eigenvalue weighted by molar-refractivity contribution is 5.79. The van der Waals surface area contributed by atoms with Crippen molar-refractivity contribution in [1.29, 1.82) is 0 Å². The number of pyridine rings is 1. The van der Waals surface area contributed by atoms with Crippen molar-refractivity contribution in [2.45, 2.75) is 45.8 Å². The normalized spacial score (nSPS) is 15.2. The summed E-state index contributed by atoms with van der Waals surface area (Å²) in [4.78, 5) is 8.89. The van der Waals surface area contributed by atoms with E-state index in [1.807, 2.05) is 26.0 Å². The average molecular weight is 334 g/mol. The molecule has 0 amide bonds. The molecule has 1 aromatic rings. The Balaban J connectivity index is 1.90. The molecule has 134 valence electrons. The minimum absolute atomic E-state index is 0.239. The van der Waals surface area contributed by atoms with E-state index in [0.29, 0.717) is 19.0 Å². The molecule has 0 saturated heterocycles. The zero-order valence-electron chi connectivity index (χ0n) is 15.3. The van der Waals surface area contributed by atoms with Crippen LogP contribution in [0.25, 0.3) is 0 Å². The van der Waals surface area contributed by atoms with Gasteiger partial charge in [0, 0.05) is 32.5 Å². The van der Waals surface area contributed by atoms with Gasteiger partial charge in [-0.25, -0.2) is 9.98 Å². The third-order valence-electron chi connectivity index (χ3n) is 3.96. The van der Waals surface area contributed by atoms with Gasteiger partial charge in [-0.2, -0.15) is 0 Å². The Bertz CT molecular complexity index is 542. The number of hydrogen-bond acceptors (Lipinski definition) is 4. The van der Waals surface area contributed by atoms with Crippen LogP contribution < -0.4 is 15.4 Å². The summed E-state index contributed by atoms with van der Waals surface area (Å²) in [5.41, 5.74) is 0.843. The Hall–Kier alpha value is -1.82. The first kappa shape index (κ1) is 18.5. The maximum Gasteiger partial charge on any atom is 0.213 e. The van der Waals surface area contributed by atoms with E-state index in [1.54, 1.807) is 13.3 Å². The monoisotopic (exact) mass is 334 g/mol. The van der Waals surface area contributed by atoms with Gasteiger partial charge in [-0.05, 0) is 51.2 Å². The first-order valence-electron chi connectivity index (χ1n) is 8.67. The smallest absolute Gasteiger partial charge is 0.213 e. The van der Waals surface area contributed by atoms with Crippen LogP contribution in [0.4, 0.5) is 0 Å². The molecule has 0 bridgehead atoms. The zero-order chi connectivity index (χ0) is 17.4. The summed E-state index contributed by atoms with van der Waals surface area (Å²) in [6.45, 7) is 8.97. The molecule has 0 atom stereocenters. The van der Waals surface area contributed by atoms with Crippen molar-refractivity contribution in [2.24, 2.45) is 10.9 Å². The van der Waals surface area contributed by atoms with Crippen molar-refractivity contribution in [3.8, 4) is 5.88 Å². The first-order chi connectivity index (χ1) is 11.5. The van der Waals surface area contributed by atoms with Crippen molar-refractivity contribution in [3.63, 3.8) is 0 Å². The summed E-state index contributed by atoms with van der Waals surface area (Å²) in [7, 11) is 1.71. The molecule has 2 rings (SSSR count). The minimum atomic E-state index is -0.239. The molecule has 0 radical (unpaired) electrons. The highest BCUT2D eigenvalue weighted by atomic mass is 16.5. The van der Waals surface area contributed by atoms with E-state index in [0.717, 1.165) is 30.6 Å². The van der Waals surface area contributed by atoms with Gasteiger partial charge in [-0.3, -0.25) is 0 Å². The lowest BCUT2D eigenvalue weighted by atomic mass is 10.1. The number of aromatic nitrogens is 1. The Kier molecular flexibility index (Phi) is 6.85. The Morgan fingerprint density at radius 1 is 1.38 bits per heavy atom. The molecular weight excluding hydrogens is 304 g/mol. The van der Waals surface area contributed by atoms with Crippen molar-refractivity contribution in [2.75, 3.05) is 26.8 Å². The Labute approximate surface area is 145 Å². The lowest BCUT2D eigenvalue weighted by molar-refractivity contribution is 0.0268. The van der Waals surface area contributed by atoms with Gasteiger partial charge >= 0.3 is 0 Å². The van der Waals surface area contributed by atoms with E-state index in [4.69, 9.17) is 9.47 Å². The van der Waals surface area contributed by atoms with Gasteiger partial charge in [0.25, 0.3) is 0 Å². The van der Waals surface area contributed by atoms with E-state index in [2.05, 4.69) is 27.5 Å². The third kappa shape index (κ3) is 6.74. The number of hydrogen-bond donors (Lipinski definition) is 2. The number of nitrogens with one attached hydrogen (secondary N) is 2. The van der Waals surface area contributed by atoms with Crippen LogP contribution in [0, 0.1) is 5.92 Å².